The van der Waals surface area contributed by atoms with Crippen LogP contribution >= 0.6 is 0 Å². The van der Waals surface area contributed by atoms with Crippen molar-refractivity contribution in [1.29, 1.82) is 0 Å². The van der Waals surface area contributed by atoms with Crippen LogP contribution in [0.2, 0.25) is 0 Å². The molecule has 1 aliphatic rings. The van der Waals surface area contributed by atoms with Gasteiger partial charge in [-0.15, -0.1) is 0 Å². The summed E-state index contributed by atoms with van der Waals surface area (Å²) in [7, 11) is 1.64. The molecule has 0 saturated carbocycles. The second-order valence-corrected chi connectivity index (χ2v) is 5.43. The molecular weight excluding hydrogens is 281 g/mol. The van der Waals surface area contributed by atoms with Crippen molar-refractivity contribution >= 4 is 0 Å². The summed E-state index contributed by atoms with van der Waals surface area (Å²) in [4.78, 5) is 0. The Balaban J connectivity index is 1.89. The average molecular weight is 301 g/mol. The Morgan fingerprint density at radius 2 is 2.05 bits per heavy atom. The molecule has 0 aromatic heterocycles. The first kappa shape index (κ1) is 15.0. The van der Waals surface area contributed by atoms with Gasteiger partial charge < -0.3 is 14.8 Å². The summed E-state index contributed by atoms with van der Waals surface area (Å²) in [5.74, 6) is 0.527. The molecule has 0 spiro atoms. The quantitative estimate of drug-likeness (QED) is 0.918. The number of methoxy groups -OCH3 is 1. The predicted octanol–water partition coefficient (Wildman–Crippen LogP) is 3.38. The van der Waals surface area contributed by atoms with Crippen LogP contribution in [0, 0.1) is 5.82 Å². The SMILES string of the molecule is COc1ccccc1-c1ccc(F)cc1CO[C@H]1CCNC1. The van der Waals surface area contributed by atoms with Crippen LogP contribution in [-0.4, -0.2) is 26.3 Å². The number of hydrogen-bond acceptors (Lipinski definition) is 3. The van der Waals surface area contributed by atoms with E-state index >= 15 is 0 Å². The van der Waals surface area contributed by atoms with Crippen LogP contribution in [0.4, 0.5) is 4.39 Å². The summed E-state index contributed by atoms with van der Waals surface area (Å²) in [6.07, 6.45) is 1.20. The van der Waals surface area contributed by atoms with Crippen molar-refractivity contribution in [2.75, 3.05) is 20.2 Å². The molecule has 1 aliphatic heterocycles. The molecule has 1 fully saturated rings. The monoisotopic (exact) mass is 301 g/mol. The van der Waals surface area contributed by atoms with Gasteiger partial charge in [-0.05, 0) is 42.3 Å². The lowest BCUT2D eigenvalue weighted by Crippen LogP contribution is -2.16. The third kappa shape index (κ3) is 3.29. The summed E-state index contributed by atoms with van der Waals surface area (Å²) in [5, 5.41) is 3.27. The van der Waals surface area contributed by atoms with Gasteiger partial charge in [0, 0.05) is 12.1 Å². The molecule has 1 heterocycles. The number of halogens is 1. The second kappa shape index (κ2) is 6.90. The lowest BCUT2D eigenvalue weighted by molar-refractivity contribution is 0.0543. The van der Waals surface area contributed by atoms with Crippen LogP contribution in [0.1, 0.15) is 12.0 Å². The number of nitrogens with one attached hydrogen (secondary N) is 1. The first-order valence-electron chi connectivity index (χ1n) is 7.52. The second-order valence-electron chi connectivity index (χ2n) is 5.43. The van der Waals surface area contributed by atoms with Crippen LogP contribution in [0.3, 0.4) is 0 Å². The summed E-state index contributed by atoms with van der Waals surface area (Å²) in [5.41, 5.74) is 2.74. The minimum Gasteiger partial charge on any atom is -0.496 e. The van der Waals surface area contributed by atoms with Crippen LogP contribution < -0.4 is 10.1 Å². The van der Waals surface area contributed by atoms with Crippen LogP contribution in [0.15, 0.2) is 42.5 Å². The number of rotatable bonds is 5. The van der Waals surface area contributed by atoms with E-state index in [0.717, 1.165) is 42.0 Å². The Kier molecular flexibility index (Phi) is 4.71. The maximum atomic E-state index is 13.6. The van der Waals surface area contributed by atoms with Crippen molar-refractivity contribution in [3.63, 3.8) is 0 Å². The number of para-hydroxylation sites is 1. The number of benzene rings is 2. The first-order chi connectivity index (χ1) is 10.8. The lowest BCUT2D eigenvalue weighted by Gasteiger charge is -2.15. The molecule has 4 heteroatoms. The highest BCUT2D eigenvalue weighted by molar-refractivity contribution is 5.73. The predicted molar refractivity (Wildman–Crippen MR) is 84.5 cm³/mol. The standard InChI is InChI=1S/C18H20FNO2/c1-21-18-5-3-2-4-17(18)16-7-6-14(19)10-13(16)12-22-15-8-9-20-11-15/h2-7,10,15,20H,8-9,11-12H2,1H3/t15-/m0/s1. The molecule has 0 amide bonds. The molecule has 2 aromatic rings. The fourth-order valence-corrected chi connectivity index (χ4v) is 2.79. The van der Waals surface area contributed by atoms with Crippen molar-refractivity contribution in [3.05, 3.63) is 53.8 Å². The molecule has 22 heavy (non-hydrogen) atoms. The van der Waals surface area contributed by atoms with Gasteiger partial charge in [0.1, 0.15) is 11.6 Å². The molecule has 2 aromatic carbocycles. The van der Waals surface area contributed by atoms with Gasteiger partial charge in [-0.3, -0.25) is 0 Å². The molecule has 116 valence electrons. The zero-order valence-corrected chi connectivity index (χ0v) is 12.6. The van der Waals surface area contributed by atoms with E-state index in [1.807, 2.05) is 24.3 Å². The fraction of sp³-hybridized carbons (Fsp3) is 0.333. The van der Waals surface area contributed by atoms with Gasteiger partial charge in [-0.2, -0.15) is 0 Å². The lowest BCUT2D eigenvalue weighted by atomic mass is 9.99. The molecule has 3 rings (SSSR count). The minimum atomic E-state index is -0.248. The van der Waals surface area contributed by atoms with E-state index in [0.29, 0.717) is 6.61 Å². The average Bonchev–Trinajstić information content (AvgIpc) is 3.06. The highest BCUT2D eigenvalue weighted by Crippen LogP contribution is 2.33. The molecule has 0 unspecified atom stereocenters. The van der Waals surface area contributed by atoms with Gasteiger partial charge in [-0.1, -0.05) is 24.3 Å². The van der Waals surface area contributed by atoms with E-state index < -0.39 is 0 Å². The van der Waals surface area contributed by atoms with E-state index in [1.165, 1.54) is 6.07 Å². The number of hydrogen-bond donors (Lipinski definition) is 1. The van der Waals surface area contributed by atoms with Crippen molar-refractivity contribution in [3.8, 4) is 16.9 Å². The Morgan fingerprint density at radius 1 is 1.18 bits per heavy atom. The highest BCUT2D eigenvalue weighted by atomic mass is 19.1. The van der Waals surface area contributed by atoms with E-state index in [2.05, 4.69) is 5.32 Å². The highest BCUT2D eigenvalue weighted by Gasteiger charge is 2.17. The Bertz CT molecular complexity index is 639. The van der Waals surface area contributed by atoms with Crippen molar-refractivity contribution < 1.29 is 13.9 Å². The van der Waals surface area contributed by atoms with Crippen molar-refractivity contribution in [1.82, 2.24) is 5.32 Å². The van der Waals surface area contributed by atoms with E-state index in [1.54, 1.807) is 19.2 Å². The zero-order chi connectivity index (χ0) is 15.4. The molecule has 1 atom stereocenters. The van der Waals surface area contributed by atoms with E-state index in [4.69, 9.17) is 9.47 Å². The van der Waals surface area contributed by atoms with Crippen molar-refractivity contribution in [2.24, 2.45) is 0 Å². The summed E-state index contributed by atoms with van der Waals surface area (Å²) in [6.45, 7) is 2.24. The minimum absolute atomic E-state index is 0.203. The van der Waals surface area contributed by atoms with Crippen LogP contribution in [0.25, 0.3) is 11.1 Å². The van der Waals surface area contributed by atoms with Gasteiger partial charge in [0.25, 0.3) is 0 Å². The number of ether oxygens (including phenoxy) is 2. The van der Waals surface area contributed by atoms with Crippen LogP contribution in [0.5, 0.6) is 5.75 Å². The van der Waals surface area contributed by atoms with Crippen LogP contribution in [-0.2, 0) is 11.3 Å². The molecule has 0 radical (unpaired) electrons. The zero-order valence-electron chi connectivity index (χ0n) is 12.6. The van der Waals surface area contributed by atoms with Gasteiger partial charge in [0.2, 0.25) is 0 Å². The molecule has 3 nitrogen and oxygen atoms in total. The summed E-state index contributed by atoms with van der Waals surface area (Å²) < 4.78 is 25.0. The van der Waals surface area contributed by atoms with E-state index in [9.17, 15) is 4.39 Å². The van der Waals surface area contributed by atoms with E-state index in [-0.39, 0.29) is 11.9 Å². The topological polar surface area (TPSA) is 30.5 Å². The largest absolute Gasteiger partial charge is 0.496 e. The normalized spacial score (nSPS) is 17.6. The molecule has 1 saturated heterocycles. The maximum Gasteiger partial charge on any atom is 0.126 e. The Hall–Kier alpha value is -1.91. The van der Waals surface area contributed by atoms with Gasteiger partial charge >= 0.3 is 0 Å². The molecular formula is C18H20FNO2. The smallest absolute Gasteiger partial charge is 0.126 e. The molecule has 1 N–H and O–H groups in total. The Morgan fingerprint density at radius 3 is 2.82 bits per heavy atom. The summed E-state index contributed by atoms with van der Waals surface area (Å²) in [6, 6.07) is 12.6. The van der Waals surface area contributed by atoms with Gasteiger partial charge in [-0.25, -0.2) is 4.39 Å². The van der Waals surface area contributed by atoms with Crippen molar-refractivity contribution in [2.45, 2.75) is 19.1 Å². The summed E-state index contributed by atoms with van der Waals surface area (Å²) >= 11 is 0. The third-order valence-corrected chi connectivity index (χ3v) is 3.95. The fourth-order valence-electron chi connectivity index (χ4n) is 2.79. The molecule has 0 aliphatic carbocycles. The third-order valence-electron chi connectivity index (χ3n) is 3.95. The Labute approximate surface area is 130 Å². The molecule has 0 bridgehead atoms. The first-order valence-corrected chi connectivity index (χ1v) is 7.52. The van der Waals surface area contributed by atoms with Gasteiger partial charge in [0.05, 0.1) is 19.8 Å². The maximum absolute atomic E-state index is 13.6. The van der Waals surface area contributed by atoms with Gasteiger partial charge in [0.15, 0.2) is 0 Å².